The molecule has 0 spiro atoms. The number of benzene rings is 1. The van der Waals surface area contributed by atoms with Crippen LogP contribution in [0.4, 0.5) is 5.13 Å². The van der Waals surface area contributed by atoms with Crippen LogP contribution in [0.25, 0.3) is 0 Å². The predicted molar refractivity (Wildman–Crippen MR) is 137 cm³/mol. The Morgan fingerprint density at radius 2 is 2.06 bits per heavy atom. The fourth-order valence-corrected chi connectivity index (χ4v) is 5.71. The Labute approximate surface area is 213 Å². The summed E-state index contributed by atoms with van der Waals surface area (Å²) < 4.78 is 13.2. The van der Waals surface area contributed by atoms with E-state index in [-0.39, 0.29) is 17.8 Å². The van der Waals surface area contributed by atoms with Gasteiger partial charge < -0.3 is 9.47 Å². The summed E-state index contributed by atoms with van der Waals surface area (Å²) in [5, 5.41) is 22.1. The lowest BCUT2D eigenvalue weighted by Gasteiger charge is -2.18. The standard InChI is InChI=1S/C24H30N6O3S2/c1-4-13-30-21(16(2)33-19-12-8-11-18(14-19)32-3)26-29-24(30)34-15-20(31)25-23-28-27-22(35-23)17-9-6-5-7-10-17/h4,8,11-12,14,16-17H,1,5-7,9-10,13,15H2,2-3H3,(H,25,28,31). The molecular weight excluding hydrogens is 484 g/mol. The number of hydrogen-bond donors (Lipinski definition) is 1. The topological polar surface area (TPSA) is 104 Å². The lowest BCUT2D eigenvalue weighted by atomic mass is 9.90. The van der Waals surface area contributed by atoms with E-state index in [4.69, 9.17) is 9.47 Å². The van der Waals surface area contributed by atoms with Crippen molar-refractivity contribution in [2.24, 2.45) is 0 Å². The molecule has 4 rings (SSSR count). The molecular formula is C24H30N6O3S2. The van der Waals surface area contributed by atoms with Crippen LogP contribution in [-0.4, -0.2) is 43.7 Å². The maximum absolute atomic E-state index is 12.6. The van der Waals surface area contributed by atoms with Gasteiger partial charge in [-0.1, -0.05) is 54.5 Å². The first-order valence-corrected chi connectivity index (χ1v) is 13.5. The quantitative estimate of drug-likeness (QED) is 0.274. The predicted octanol–water partition coefficient (Wildman–Crippen LogP) is 5.24. The Bertz CT molecular complexity index is 1140. The molecule has 1 atom stereocenters. The zero-order chi connectivity index (χ0) is 24.6. The second kappa shape index (κ2) is 12.2. The molecule has 11 heteroatoms. The van der Waals surface area contributed by atoms with Crippen molar-refractivity contribution in [3.63, 3.8) is 0 Å². The summed E-state index contributed by atoms with van der Waals surface area (Å²) in [7, 11) is 1.61. The third kappa shape index (κ3) is 6.61. The number of anilines is 1. The maximum atomic E-state index is 12.6. The van der Waals surface area contributed by atoms with Crippen molar-refractivity contribution >= 4 is 34.1 Å². The molecule has 2 heterocycles. The first-order valence-electron chi connectivity index (χ1n) is 11.7. The molecule has 35 heavy (non-hydrogen) atoms. The average molecular weight is 515 g/mol. The van der Waals surface area contributed by atoms with E-state index in [0.29, 0.717) is 40.1 Å². The van der Waals surface area contributed by atoms with Crippen LogP contribution in [0.1, 0.15) is 61.9 Å². The number of ether oxygens (including phenoxy) is 2. The number of aromatic nitrogens is 5. The van der Waals surface area contributed by atoms with Gasteiger partial charge in [-0.3, -0.25) is 14.7 Å². The number of carbonyl (C=O) groups excluding carboxylic acids is 1. The maximum Gasteiger partial charge on any atom is 0.236 e. The minimum atomic E-state index is -0.364. The number of amides is 1. The second-order valence-corrected chi connectivity index (χ2v) is 10.2. The molecule has 1 unspecified atom stereocenters. The SMILES string of the molecule is C=CCn1c(SCC(=O)Nc2nnc(C3CCCCC3)s2)nnc1C(C)Oc1cccc(OC)c1. The van der Waals surface area contributed by atoms with E-state index in [2.05, 4.69) is 32.3 Å². The molecule has 3 aromatic rings. The summed E-state index contributed by atoms with van der Waals surface area (Å²) in [6.45, 7) is 6.25. The number of rotatable bonds is 11. The van der Waals surface area contributed by atoms with Gasteiger partial charge in [0, 0.05) is 18.5 Å². The lowest BCUT2D eigenvalue weighted by Crippen LogP contribution is -2.15. The van der Waals surface area contributed by atoms with Crippen LogP contribution in [0, 0.1) is 0 Å². The van der Waals surface area contributed by atoms with Crippen LogP contribution < -0.4 is 14.8 Å². The molecule has 9 nitrogen and oxygen atoms in total. The number of nitrogens with zero attached hydrogens (tertiary/aromatic N) is 5. The van der Waals surface area contributed by atoms with Crippen molar-refractivity contribution in [1.29, 1.82) is 0 Å². The van der Waals surface area contributed by atoms with Gasteiger partial charge in [-0.05, 0) is 31.9 Å². The van der Waals surface area contributed by atoms with E-state index >= 15 is 0 Å². The number of methoxy groups -OCH3 is 1. The number of hydrogen-bond acceptors (Lipinski definition) is 9. The zero-order valence-electron chi connectivity index (χ0n) is 20.0. The highest BCUT2D eigenvalue weighted by Gasteiger charge is 2.22. The number of allylic oxidation sites excluding steroid dienone is 1. The molecule has 0 saturated heterocycles. The number of thioether (sulfide) groups is 1. The van der Waals surface area contributed by atoms with Gasteiger partial charge in [0.05, 0.1) is 12.9 Å². The highest BCUT2D eigenvalue weighted by Crippen LogP contribution is 2.35. The van der Waals surface area contributed by atoms with E-state index in [0.717, 1.165) is 17.8 Å². The van der Waals surface area contributed by atoms with E-state index in [9.17, 15) is 4.79 Å². The van der Waals surface area contributed by atoms with Crippen LogP contribution in [0.5, 0.6) is 11.5 Å². The van der Waals surface area contributed by atoms with Gasteiger partial charge in [-0.25, -0.2) is 0 Å². The summed E-state index contributed by atoms with van der Waals surface area (Å²) in [5.41, 5.74) is 0. The minimum Gasteiger partial charge on any atom is -0.497 e. The van der Waals surface area contributed by atoms with Crippen molar-refractivity contribution in [2.45, 2.75) is 62.8 Å². The Morgan fingerprint density at radius 3 is 2.83 bits per heavy atom. The van der Waals surface area contributed by atoms with E-state index < -0.39 is 0 Å². The molecule has 1 aliphatic rings. The molecule has 186 valence electrons. The molecule has 1 saturated carbocycles. The highest BCUT2D eigenvalue weighted by atomic mass is 32.2. The molecule has 0 radical (unpaired) electrons. The van der Waals surface area contributed by atoms with Crippen LogP contribution >= 0.6 is 23.1 Å². The van der Waals surface area contributed by atoms with Gasteiger partial charge in [-0.15, -0.1) is 27.0 Å². The fourth-order valence-electron chi connectivity index (χ4n) is 4.02. The molecule has 1 N–H and O–H groups in total. The molecule has 1 fully saturated rings. The smallest absolute Gasteiger partial charge is 0.236 e. The molecule has 0 aliphatic heterocycles. The van der Waals surface area contributed by atoms with E-state index in [1.165, 1.54) is 42.4 Å². The lowest BCUT2D eigenvalue weighted by molar-refractivity contribution is -0.113. The van der Waals surface area contributed by atoms with Crippen molar-refractivity contribution in [1.82, 2.24) is 25.0 Å². The normalized spacial score (nSPS) is 14.9. The zero-order valence-corrected chi connectivity index (χ0v) is 21.6. The Balaban J connectivity index is 1.36. The minimum absolute atomic E-state index is 0.156. The van der Waals surface area contributed by atoms with Crippen LogP contribution in [0.3, 0.4) is 0 Å². The third-order valence-corrected chi connectivity index (χ3v) is 7.72. The fraction of sp³-hybridized carbons (Fsp3) is 0.458. The Hall–Kier alpha value is -2.92. The Morgan fingerprint density at radius 1 is 1.26 bits per heavy atom. The van der Waals surface area contributed by atoms with Gasteiger partial charge >= 0.3 is 0 Å². The second-order valence-electron chi connectivity index (χ2n) is 8.30. The summed E-state index contributed by atoms with van der Waals surface area (Å²) in [4.78, 5) is 12.6. The average Bonchev–Trinajstić information content (AvgIpc) is 3.51. The summed E-state index contributed by atoms with van der Waals surface area (Å²) in [6, 6.07) is 7.40. The molecule has 1 aromatic carbocycles. The van der Waals surface area contributed by atoms with E-state index in [1.807, 2.05) is 35.8 Å². The Kier molecular flexibility index (Phi) is 8.75. The summed E-state index contributed by atoms with van der Waals surface area (Å²) in [5.74, 6) is 2.53. The van der Waals surface area contributed by atoms with Gasteiger partial charge in [0.25, 0.3) is 0 Å². The molecule has 1 aliphatic carbocycles. The third-order valence-electron chi connectivity index (χ3n) is 5.75. The largest absolute Gasteiger partial charge is 0.497 e. The van der Waals surface area contributed by atoms with Crippen molar-refractivity contribution in [3.8, 4) is 11.5 Å². The van der Waals surface area contributed by atoms with Crippen LogP contribution in [0.2, 0.25) is 0 Å². The van der Waals surface area contributed by atoms with Crippen LogP contribution in [0.15, 0.2) is 42.1 Å². The van der Waals surface area contributed by atoms with Gasteiger partial charge in [0.15, 0.2) is 17.1 Å². The number of nitrogens with one attached hydrogen (secondary N) is 1. The monoisotopic (exact) mass is 514 g/mol. The van der Waals surface area contributed by atoms with Crippen molar-refractivity contribution in [2.75, 3.05) is 18.2 Å². The first-order chi connectivity index (χ1) is 17.1. The summed E-state index contributed by atoms with van der Waals surface area (Å²) in [6.07, 6.45) is 7.47. The van der Waals surface area contributed by atoms with Gasteiger partial charge in [0.2, 0.25) is 11.0 Å². The highest BCUT2D eigenvalue weighted by molar-refractivity contribution is 7.99. The van der Waals surface area contributed by atoms with E-state index in [1.54, 1.807) is 13.2 Å². The molecule has 0 bridgehead atoms. The molecule has 2 aromatic heterocycles. The van der Waals surface area contributed by atoms with Crippen LogP contribution in [-0.2, 0) is 11.3 Å². The van der Waals surface area contributed by atoms with Crippen molar-refractivity contribution < 1.29 is 14.3 Å². The van der Waals surface area contributed by atoms with Gasteiger partial charge in [0.1, 0.15) is 16.5 Å². The van der Waals surface area contributed by atoms with Crippen molar-refractivity contribution in [3.05, 3.63) is 47.8 Å². The number of carbonyl (C=O) groups is 1. The summed E-state index contributed by atoms with van der Waals surface area (Å²) >= 11 is 2.79. The first kappa shape index (κ1) is 25.2. The molecule has 1 amide bonds. The van der Waals surface area contributed by atoms with Gasteiger partial charge in [-0.2, -0.15) is 0 Å².